The van der Waals surface area contributed by atoms with Crippen molar-refractivity contribution in [3.63, 3.8) is 0 Å². The molecule has 1 saturated carbocycles. The Morgan fingerprint density at radius 2 is 2.00 bits per heavy atom. The topological polar surface area (TPSA) is 75.4 Å². The first-order valence-corrected chi connectivity index (χ1v) is 9.72. The molecular weight excluding hydrogens is 354 g/mol. The maximum atomic E-state index is 13.2. The summed E-state index contributed by atoms with van der Waals surface area (Å²) < 4.78 is 5.85. The molecule has 2 fully saturated rings. The molecule has 1 aliphatic heterocycles. The van der Waals surface area contributed by atoms with E-state index >= 15 is 0 Å². The highest BCUT2D eigenvalue weighted by Crippen LogP contribution is 2.40. The lowest BCUT2D eigenvalue weighted by molar-refractivity contribution is -0.127. The molecule has 5 rings (SSSR count). The third-order valence-electron chi connectivity index (χ3n) is 5.44. The summed E-state index contributed by atoms with van der Waals surface area (Å²) in [5.74, 6) is 0.925. The lowest BCUT2D eigenvalue weighted by atomic mass is 10.0. The van der Waals surface area contributed by atoms with Crippen molar-refractivity contribution in [2.24, 2.45) is 0 Å². The van der Waals surface area contributed by atoms with Gasteiger partial charge in [-0.1, -0.05) is 30.3 Å². The molecule has 0 unspecified atom stereocenters. The predicted molar refractivity (Wildman–Crippen MR) is 104 cm³/mol. The maximum Gasteiger partial charge on any atom is 0.254 e. The van der Waals surface area contributed by atoms with Gasteiger partial charge >= 0.3 is 0 Å². The molecule has 0 radical (unpaired) electrons. The van der Waals surface area contributed by atoms with Gasteiger partial charge in [0.05, 0.1) is 0 Å². The molecule has 2 aliphatic rings. The Bertz CT molecular complexity index is 1040. The van der Waals surface area contributed by atoms with Crippen LogP contribution in [0.3, 0.4) is 0 Å². The number of carbonyl (C=O) groups is 2. The van der Waals surface area contributed by atoms with Crippen LogP contribution in [0.15, 0.2) is 52.9 Å². The molecule has 2 aromatic carbocycles. The van der Waals surface area contributed by atoms with E-state index in [1.807, 2.05) is 36.4 Å². The van der Waals surface area contributed by atoms with Crippen LogP contribution in [-0.4, -0.2) is 40.8 Å². The summed E-state index contributed by atoms with van der Waals surface area (Å²) in [6.07, 6.45) is 2.72. The monoisotopic (exact) mass is 375 g/mol. The molecule has 2 heterocycles. The quantitative estimate of drug-likeness (QED) is 0.761. The van der Waals surface area contributed by atoms with Crippen molar-refractivity contribution in [3.8, 4) is 0 Å². The number of nitrogens with zero attached hydrogens (tertiary/aromatic N) is 2. The van der Waals surface area contributed by atoms with Gasteiger partial charge in [0.1, 0.15) is 11.6 Å². The van der Waals surface area contributed by atoms with Gasteiger partial charge in [-0.2, -0.15) is 0 Å². The third-order valence-corrected chi connectivity index (χ3v) is 5.44. The van der Waals surface area contributed by atoms with E-state index in [9.17, 15) is 9.59 Å². The zero-order chi connectivity index (χ0) is 19.1. The van der Waals surface area contributed by atoms with E-state index in [0.717, 1.165) is 29.8 Å². The Morgan fingerprint density at radius 1 is 1.18 bits per heavy atom. The van der Waals surface area contributed by atoms with Crippen LogP contribution >= 0.6 is 0 Å². The minimum Gasteiger partial charge on any atom is -0.440 e. The fourth-order valence-corrected chi connectivity index (χ4v) is 3.74. The molecular formula is C22H21N3O3. The number of nitrogens with one attached hydrogen (secondary N) is 1. The molecule has 1 saturated heterocycles. The van der Waals surface area contributed by atoms with Gasteiger partial charge in [-0.15, -0.1) is 0 Å². The van der Waals surface area contributed by atoms with Crippen LogP contribution in [0.2, 0.25) is 0 Å². The van der Waals surface area contributed by atoms with Crippen LogP contribution in [-0.2, 0) is 11.2 Å². The zero-order valence-corrected chi connectivity index (χ0v) is 15.4. The largest absolute Gasteiger partial charge is 0.440 e. The van der Waals surface area contributed by atoms with Crippen molar-refractivity contribution in [1.82, 2.24) is 15.2 Å². The van der Waals surface area contributed by atoms with Gasteiger partial charge in [-0.3, -0.25) is 9.59 Å². The lowest BCUT2D eigenvalue weighted by Crippen LogP contribution is -2.58. The Labute approximate surface area is 162 Å². The van der Waals surface area contributed by atoms with Crippen LogP contribution in [0.4, 0.5) is 0 Å². The van der Waals surface area contributed by atoms with Gasteiger partial charge in [-0.25, -0.2) is 4.98 Å². The van der Waals surface area contributed by atoms with Crippen LogP contribution < -0.4 is 5.32 Å². The molecule has 6 nitrogen and oxygen atoms in total. The summed E-state index contributed by atoms with van der Waals surface area (Å²) in [4.78, 5) is 31.9. The summed E-state index contributed by atoms with van der Waals surface area (Å²) in [5.41, 5.74) is 2.96. The van der Waals surface area contributed by atoms with Crippen LogP contribution in [0.25, 0.3) is 11.1 Å². The second kappa shape index (κ2) is 6.78. The van der Waals surface area contributed by atoms with Gasteiger partial charge < -0.3 is 14.6 Å². The number of hydrogen-bond acceptors (Lipinski definition) is 4. The van der Waals surface area contributed by atoms with E-state index in [0.29, 0.717) is 36.6 Å². The fraction of sp³-hybridized carbons (Fsp3) is 0.318. The highest BCUT2D eigenvalue weighted by molar-refractivity contribution is 6.00. The van der Waals surface area contributed by atoms with E-state index in [1.165, 1.54) is 0 Å². The van der Waals surface area contributed by atoms with Crippen LogP contribution in [0.5, 0.6) is 0 Å². The fourth-order valence-electron chi connectivity index (χ4n) is 3.74. The van der Waals surface area contributed by atoms with Gasteiger partial charge in [0.25, 0.3) is 5.91 Å². The number of oxazole rings is 1. The highest BCUT2D eigenvalue weighted by atomic mass is 16.3. The molecule has 28 heavy (non-hydrogen) atoms. The minimum absolute atomic E-state index is 0.111. The molecule has 6 heteroatoms. The number of amides is 2. The second-order valence-corrected chi connectivity index (χ2v) is 7.50. The summed E-state index contributed by atoms with van der Waals surface area (Å²) in [7, 11) is 0. The molecule has 1 aliphatic carbocycles. The Morgan fingerprint density at radius 3 is 2.79 bits per heavy atom. The standard InChI is InChI=1S/C22H21N3O3/c26-20-18(12-14-4-2-1-3-5-14)25(11-10-23-20)22(27)16-8-9-17-19(13-16)28-21(24-17)15-6-7-15/h1-5,8-9,13,15,18H,6-7,10-12H2,(H,23,26)/t18-/m0/s1. The smallest absolute Gasteiger partial charge is 0.254 e. The number of fused-ring (bicyclic) bond motifs is 1. The highest BCUT2D eigenvalue weighted by Gasteiger charge is 2.34. The first-order chi connectivity index (χ1) is 13.7. The van der Waals surface area contributed by atoms with Gasteiger partial charge in [0.15, 0.2) is 11.5 Å². The first kappa shape index (κ1) is 17.0. The third kappa shape index (κ3) is 3.15. The molecule has 142 valence electrons. The predicted octanol–water partition coefficient (Wildman–Crippen LogP) is 2.89. The van der Waals surface area contributed by atoms with E-state index in [4.69, 9.17) is 4.42 Å². The molecule has 3 aromatic rings. The van der Waals surface area contributed by atoms with Crippen molar-refractivity contribution in [2.75, 3.05) is 13.1 Å². The SMILES string of the molecule is O=C1NCCN(C(=O)c2ccc3nc(C4CC4)oc3c2)[C@H]1Cc1ccccc1. The molecule has 1 atom stereocenters. The second-order valence-electron chi connectivity index (χ2n) is 7.50. The van der Waals surface area contributed by atoms with Crippen LogP contribution in [0.1, 0.15) is 40.6 Å². The van der Waals surface area contributed by atoms with E-state index in [-0.39, 0.29) is 11.8 Å². The van der Waals surface area contributed by atoms with E-state index in [1.54, 1.807) is 17.0 Å². The van der Waals surface area contributed by atoms with E-state index in [2.05, 4.69) is 10.3 Å². The molecule has 0 bridgehead atoms. The lowest BCUT2D eigenvalue weighted by Gasteiger charge is -2.35. The number of aromatic nitrogens is 1. The summed E-state index contributed by atoms with van der Waals surface area (Å²) >= 11 is 0. The Hall–Kier alpha value is -3.15. The zero-order valence-electron chi connectivity index (χ0n) is 15.4. The van der Waals surface area contributed by atoms with Crippen molar-refractivity contribution in [3.05, 3.63) is 65.5 Å². The summed E-state index contributed by atoms with van der Waals surface area (Å²) in [5, 5.41) is 2.88. The summed E-state index contributed by atoms with van der Waals surface area (Å²) in [6.45, 7) is 0.954. The van der Waals surface area contributed by atoms with Crippen molar-refractivity contribution in [2.45, 2.75) is 31.2 Å². The Balaban J connectivity index is 1.43. The number of rotatable bonds is 4. The normalized spacial score (nSPS) is 19.6. The van der Waals surface area contributed by atoms with Gasteiger partial charge in [0, 0.05) is 31.0 Å². The van der Waals surface area contributed by atoms with Gasteiger partial charge in [0.2, 0.25) is 5.91 Å². The minimum atomic E-state index is -0.518. The molecule has 2 amide bonds. The average Bonchev–Trinajstić information content (AvgIpc) is 3.48. The van der Waals surface area contributed by atoms with Crippen molar-refractivity contribution < 1.29 is 14.0 Å². The average molecular weight is 375 g/mol. The van der Waals surface area contributed by atoms with Crippen molar-refractivity contribution >= 4 is 22.9 Å². The first-order valence-electron chi connectivity index (χ1n) is 9.72. The number of hydrogen-bond donors (Lipinski definition) is 1. The maximum absolute atomic E-state index is 13.2. The van der Waals surface area contributed by atoms with E-state index < -0.39 is 6.04 Å². The number of benzene rings is 2. The molecule has 1 aromatic heterocycles. The summed E-state index contributed by atoms with van der Waals surface area (Å²) in [6, 6.07) is 14.6. The number of piperazine rings is 1. The molecule has 1 N–H and O–H groups in total. The molecule has 0 spiro atoms. The van der Waals surface area contributed by atoms with Gasteiger partial charge in [-0.05, 0) is 36.6 Å². The van der Waals surface area contributed by atoms with Crippen molar-refractivity contribution in [1.29, 1.82) is 0 Å². The van der Waals surface area contributed by atoms with Crippen LogP contribution in [0, 0.1) is 0 Å². The Kier molecular flexibility index (Phi) is 4.11. The number of carbonyl (C=O) groups excluding carboxylic acids is 2.